The molecule has 92 valence electrons. The molecule has 1 amide bonds. The number of nitrogens with zero attached hydrogens (tertiary/aromatic N) is 2. The van der Waals surface area contributed by atoms with Gasteiger partial charge in [-0.15, -0.1) is 0 Å². The third kappa shape index (κ3) is 6.38. The highest BCUT2D eigenvalue weighted by Gasteiger charge is 2.13. The zero-order chi connectivity index (χ0) is 12.4. The van der Waals surface area contributed by atoms with Crippen LogP contribution >= 0.6 is 0 Å². The quantitative estimate of drug-likeness (QED) is 0.603. The van der Waals surface area contributed by atoms with Crippen molar-refractivity contribution in [1.82, 2.24) is 10.2 Å². The van der Waals surface area contributed by atoms with Crippen LogP contribution in [0.3, 0.4) is 0 Å². The van der Waals surface area contributed by atoms with E-state index < -0.39 is 0 Å². The molecule has 0 aliphatic rings. The Kier molecular flexibility index (Phi) is 8.49. The number of likely N-dealkylation sites (N-methyl/N-ethyl adjacent to an activating group) is 1. The van der Waals surface area contributed by atoms with Crippen LogP contribution in [0.2, 0.25) is 0 Å². The average molecular weight is 227 g/mol. The van der Waals surface area contributed by atoms with Crippen molar-refractivity contribution in [1.29, 1.82) is 5.26 Å². The van der Waals surface area contributed by atoms with E-state index in [9.17, 15) is 4.79 Å². The van der Waals surface area contributed by atoms with Crippen molar-refractivity contribution in [2.45, 2.75) is 13.8 Å². The van der Waals surface area contributed by atoms with Gasteiger partial charge < -0.3 is 15.0 Å². The minimum atomic E-state index is -0.122. The van der Waals surface area contributed by atoms with E-state index in [1.165, 1.54) is 0 Å². The lowest BCUT2D eigenvalue weighted by Gasteiger charge is -2.22. The van der Waals surface area contributed by atoms with E-state index in [1.807, 2.05) is 13.8 Å². The molecular weight excluding hydrogens is 206 g/mol. The number of nitriles is 1. The molecule has 0 aliphatic carbocycles. The zero-order valence-electron chi connectivity index (χ0n) is 10.3. The van der Waals surface area contributed by atoms with E-state index in [0.717, 1.165) is 0 Å². The molecule has 0 saturated carbocycles. The molecule has 0 bridgehead atoms. The highest BCUT2D eigenvalue weighted by Crippen LogP contribution is 1.98. The second-order valence-corrected chi connectivity index (χ2v) is 3.63. The molecule has 1 atom stereocenters. The molecule has 0 aromatic heterocycles. The Morgan fingerprint density at radius 1 is 1.62 bits per heavy atom. The largest absolute Gasteiger partial charge is 0.383 e. The summed E-state index contributed by atoms with van der Waals surface area (Å²) in [6.07, 6.45) is 0. The van der Waals surface area contributed by atoms with Crippen LogP contribution in [0.15, 0.2) is 0 Å². The number of amides is 1. The van der Waals surface area contributed by atoms with Crippen molar-refractivity contribution in [2.24, 2.45) is 5.92 Å². The first-order valence-electron chi connectivity index (χ1n) is 5.52. The maximum atomic E-state index is 11.7. The molecule has 16 heavy (non-hydrogen) atoms. The Balaban J connectivity index is 3.88. The molecule has 5 nitrogen and oxygen atoms in total. The fourth-order valence-electron chi connectivity index (χ4n) is 1.26. The Morgan fingerprint density at radius 3 is 2.81 bits per heavy atom. The molecular formula is C11H21N3O2. The second kappa shape index (κ2) is 9.13. The highest BCUT2D eigenvalue weighted by atomic mass is 16.5. The van der Waals surface area contributed by atoms with E-state index >= 15 is 0 Å². The Morgan fingerprint density at radius 2 is 2.31 bits per heavy atom. The number of ether oxygens (including phenoxy) is 1. The van der Waals surface area contributed by atoms with Gasteiger partial charge >= 0.3 is 0 Å². The second-order valence-electron chi connectivity index (χ2n) is 3.63. The fraction of sp³-hybridized carbons (Fsp3) is 0.818. The first-order valence-corrected chi connectivity index (χ1v) is 5.52. The summed E-state index contributed by atoms with van der Waals surface area (Å²) in [7, 11) is 1.62. The molecule has 0 aromatic rings. The Labute approximate surface area is 97.4 Å². The molecule has 0 spiro atoms. The summed E-state index contributed by atoms with van der Waals surface area (Å²) in [5, 5.41) is 11.7. The molecule has 0 heterocycles. The smallest absolute Gasteiger partial charge is 0.236 e. The number of rotatable bonds is 8. The maximum absolute atomic E-state index is 11.7. The van der Waals surface area contributed by atoms with E-state index in [0.29, 0.717) is 32.8 Å². The predicted molar refractivity (Wildman–Crippen MR) is 61.8 cm³/mol. The van der Waals surface area contributed by atoms with Gasteiger partial charge in [0.2, 0.25) is 5.91 Å². The standard InChI is InChI=1S/C11H21N3O2/c1-4-14(9-10(2)7-12)11(15)8-13-5-6-16-3/h10,13H,4-6,8-9H2,1-3H3. The van der Waals surface area contributed by atoms with E-state index in [-0.39, 0.29) is 11.8 Å². The van der Waals surface area contributed by atoms with Gasteiger partial charge in [-0.25, -0.2) is 0 Å². The van der Waals surface area contributed by atoms with Gasteiger partial charge in [-0.05, 0) is 13.8 Å². The molecule has 5 heteroatoms. The summed E-state index contributed by atoms with van der Waals surface area (Å²) < 4.78 is 4.86. The number of hydrogen-bond acceptors (Lipinski definition) is 4. The minimum absolute atomic E-state index is 0.0284. The Hall–Kier alpha value is -1.12. The number of carbonyl (C=O) groups is 1. The van der Waals surface area contributed by atoms with Crippen LogP contribution in [0.1, 0.15) is 13.8 Å². The van der Waals surface area contributed by atoms with Gasteiger partial charge in [0.15, 0.2) is 0 Å². The summed E-state index contributed by atoms with van der Waals surface area (Å²) in [6, 6.07) is 2.13. The van der Waals surface area contributed by atoms with Crippen molar-refractivity contribution < 1.29 is 9.53 Å². The van der Waals surface area contributed by atoms with Gasteiger partial charge in [0.25, 0.3) is 0 Å². The summed E-state index contributed by atoms with van der Waals surface area (Å²) in [5.74, 6) is -0.0939. The Bertz CT molecular complexity index is 238. The van der Waals surface area contributed by atoms with Crippen LogP contribution in [-0.4, -0.2) is 50.7 Å². The van der Waals surface area contributed by atoms with Crippen molar-refractivity contribution >= 4 is 5.91 Å². The molecule has 0 saturated heterocycles. The lowest BCUT2D eigenvalue weighted by atomic mass is 10.2. The molecule has 0 aromatic carbocycles. The maximum Gasteiger partial charge on any atom is 0.236 e. The lowest BCUT2D eigenvalue weighted by molar-refractivity contribution is -0.130. The van der Waals surface area contributed by atoms with E-state index in [4.69, 9.17) is 10.00 Å². The van der Waals surface area contributed by atoms with E-state index in [1.54, 1.807) is 12.0 Å². The van der Waals surface area contributed by atoms with Gasteiger partial charge in [0, 0.05) is 26.7 Å². The molecule has 0 rings (SSSR count). The molecule has 1 unspecified atom stereocenters. The minimum Gasteiger partial charge on any atom is -0.383 e. The molecule has 1 N–H and O–H groups in total. The van der Waals surface area contributed by atoms with E-state index in [2.05, 4.69) is 11.4 Å². The predicted octanol–water partition coefficient (Wildman–Crippen LogP) is 0.231. The fourth-order valence-corrected chi connectivity index (χ4v) is 1.26. The normalized spacial score (nSPS) is 11.9. The van der Waals surface area contributed by atoms with Gasteiger partial charge in [-0.2, -0.15) is 5.26 Å². The molecule has 0 aliphatic heterocycles. The van der Waals surface area contributed by atoms with Gasteiger partial charge in [0.05, 0.1) is 25.1 Å². The highest BCUT2D eigenvalue weighted by molar-refractivity contribution is 5.78. The van der Waals surface area contributed by atoms with Crippen LogP contribution < -0.4 is 5.32 Å². The number of hydrogen-bond donors (Lipinski definition) is 1. The summed E-state index contributed by atoms with van der Waals surface area (Å²) >= 11 is 0. The summed E-state index contributed by atoms with van der Waals surface area (Å²) in [5.41, 5.74) is 0. The summed E-state index contributed by atoms with van der Waals surface area (Å²) in [6.45, 7) is 6.41. The third-order valence-corrected chi connectivity index (χ3v) is 2.21. The number of methoxy groups -OCH3 is 1. The number of carbonyl (C=O) groups excluding carboxylic acids is 1. The molecule has 0 fully saturated rings. The lowest BCUT2D eigenvalue weighted by Crippen LogP contribution is -2.40. The van der Waals surface area contributed by atoms with Crippen molar-refractivity contribution in [3.05, 3.63) is 0 Å². The first-order chi connectivity index (χ1) is 7.65. The number of nitrogens with one attached hydrogen (secondary N) is 1. The monoisotopic (exact) mass is 227 g/mol. The molecule has 0 radical (unpaired) electrons. The van der Waals surface area contributed by atoms with Crippen molar-refractivity contribution in [3.8, 4) is 6.07 Å². The first kappa shape index (κ1) is 14.9. The zero-order valence-corrected chi connectivity index (χ0v) is 10.3. The third-order valence-electron chi connectivity index (χ3n) is 2.21. The van der Waals surface area contributed by atoms with Crippen molar-refractivity contribution in [3.63, 3.8) is 0 Å². The van der Waals surface area contributed by atoms with Crippen LogP contribution in [0.4, 0.5) is 0 Å². The van der Waals surface area contributed by atoms with Crippen LogP contribution in [0.5, 0.6) is 0 Å². The van der Waals surface area contributed by atoms with Crippen molar-refractivity contribution in [2.75, 3.05) is 39.9 Å². The summed E-state index contributed by atoms with van der Waals surface area (Å²) in [4.78, 5) is 13.4. The van der Waals surface area contributed by atoms with Gasteiger partial charge in [0.1, 0.15) is 0 Å². The van der Waals surface area contributed by atoms with Gasteiger partial charge in [-0.1, -0.05) is 0 Å². The van der Waals surface area contributed by atoms with Crippen LogP contribution in [0, 0.1) is 17.2 Å². The van der Waals surface area contributed by atoms with Crippen LogP contribution in [-0.2, 0) is 9.53 Å². The van der Waals surface area contributed by atoms with Crippen LogP contribution in [0.25, 0.3) is 0 Å². The van der Waals surface area contributed by atoms with Gasteiger partial charge in [-0.3, -0.25) is 4.79 Å². The SMILES string of the molecule is CCN(CC(C)C#N)C(=O)CNCCOC. The topological polar surface area (TPSA) is 65.4 Å². The average Bonchev–Trinajstić information content (AvgIpc) is 2.30.